The van der Waals surface area contributed by atoms with E-state index in [-0.39, 0.29) is 5.41 Å². The molecular formula is C21H37Cl3CrN2OP+. The maximum atomic E-state index is 5.00. The van der Waals surface area contributed by atoms with Gasteiger partial charge in [0.1, 0.15) is 5.84 Å². The van der Waals surface area contributed by atoms with E-state index in [0.717, 1.165) is 24.6 Å². The Bertz CT molecular complexity index is 571. The fraction of sp³-hybridized carbons (Fsp3) is 0.619. The predicted molar refractivity (Wildman–Crippen MR) is 132 cm³/mol. The van der Waals surface area contributed by atoms with Crippen molar-refractivity contribution < 1.29 is 16.1 Å². The third kappa shape index (κ3) is 14.2. The fourth-order valence-corrected chi connectivity index (χ4v) is 4.11. The molecule has 0 saturated carbocycles. The summed E-state index contributed by atoms with van der Waals surface area (Å²) in [4.78, 5) is 5.00. The molecule has 0 radical (unpaired) electrons. The molecule has 1 aliphatic rings. The summed E-state index contributed by atoms with van der Waals surface area (Å²) >= 11 is -1.62. The molecule has 1 heterocycles. The zero-order valence-corrected chi connectivity index (χ0v) is 23.3. The van der Waals surface area contributed by atoms with Crippen molar-refractivity contribution in [1.29, 1.82) is 0 Å². The fourth-order valence-electron chi connectivity index (χ4n) is 2.49. The molecule has 1 aromatic rings. The third-order valence-electron chi connectivity index (χ3n) is 4.22. The zero-order valence-electron chi connectivity index (χ0n) is 18.7. The van der Waals surface area contributed by atoms with E-state index in [9.17, 15) is 0 Å². The Morgan fingerprint density at radius 3 is 2.00 bits per heavy atom. The van der Waals surface area contributed by atoms with Gasteiger partial charge in [-0.3, -0.25) is 0 Å². The average molecular weight is 523 g/mol. The number of benzene rings is 1. The molecule has 168 valence electrons. The van der Waals surface area contributed by atoms with Crippen LogP contribution in [0.5, 0.6) is 0 Å². The second-order valence-electron chi connectivity index (χ2n) is 7.74. The molecule has 8 heteroatoms. The monoisotopic (exact) mass is 521 g/mol. The van der Waals surface area contributed by atoms with Gasteiger partial charge in [-0.2, -0.15) is 6.42 Å². The van der Waals surface area contributed by atoms with E-state index in [1.165, 1.54) is 29.9 Å². The number of amidine groups is 1. The molecule has 1 aromatic carbocycles. The van der Waals surface area contributed by atoms with Crippen molar-refractivity contribution in [2.45, 2.75) is 61.3 Å². The number of hydrogen-bond acceptors (Lipinski definition) is 2. The van der Waals surface area contributed by atoms with Crippen molar-refractivity contribution in [2.24, 2.45) is 10.4 Å². The summed E-state index contributed by atoms with van der Waals surface area (Å²) in [6.45, 7) is 18.3. The Labute approximate surface area is 196 Å². The Kier molecular flexibility index (Phi) is 16.4. The van der Waals surface area contributed by atoms with E-state index < -0.39 is 19.5 Å². The summed E-state index contributed by atoms with van der Waals surface area (Å²) in [6, 6.07) is 6.37. The Morgan fingerprint density at radius 1 is 1.17 bits per heavy atom. The molecule has 0 aromatic heterocycles. The first-order valence-corrected chi connectivity index (χ1v) is 17.1. The number of rotatable bonds is 4. The van der Waals surface area contributed by atoms with Crippen LogP contribution in [0.4, 0.5) is 5.69 Å². The summed E-state index contributed by atoms with van der Waals surface area (Å²) in [5.41, 5.74) is 3.67. The van der Waals surface area contributed by atoms with Gasteiger partial charge in [0.25, 0.3) is 0 Å². The normalized spacial score (nSPS) is 14.3. The number of nitrogens with zero attached hydrogens (tertiary/aromatic N) is 1. The van der Waals surface area contributed by atoms with Gasteiger partial charge >= 0.3 is 41.5 Å². The second kappa shape index (κ2) is 16.2. The zero-order chi connectivity index (χ0) is 22.4. The van der Waals surface area contributed by atoms with E-state index in [1.54, 1.807) is 0 Å². The molecule has 1 saturated heterocycles. The van der Waals surface area contributed by atoms with Crippen molar-refractivity contribution >= 4 is 49.7 Å². The van der Waals surface area contributed by atoms with E-state index in [2.05, 4.69) is 71.8 Å². The molecule has 0 atom stereocenters. The van der Waals surface area contributed by atoms with Crippen LogP contribution < -0.4 is 5.09 Å². The molecule has 29 heavy (non-hydrogen) atoms. The Balaban J connectivity index is 0.000000714. The number of ether oxygens (including phenoxy) is 1. The van der Waals surface area contributed by atoms with Crippen molar-refractivity contribution in [3.63, 3.8) is 0 Å². The number of aliphatic imine (C=N–C) groups is 1. The van der Waals surface area contributed by atoms with E-state index >= 15 is 0 Å². The van der Waals surface area contributed by atoms with Crippen LogP contribution >= 0.6 is 38.2 Å². The predicted octanol–water partition coefficient (Wildman–Crippen LogP) is 8.16. The van der Waals surface area contributed by atoms with Gasteiger partial charge in [-0.15, -0.1) is 0 Å². The molecule has 0 spiro atoms. The van der Waals surface area contributed by atoms with Crippen LogP contribution in [0.3, 0.4) is 0 Å². The summed E-state index contributed by atoms with van der Waals surface area (Å²) < 4.78 is 4.82. The maximum absolute atomic E-state index is 5.00. The van der Waals surface area contributed by atoms with Crippen LogP contribution in [0.1, 0.15) is 58.6 Å². The number of halogens is 3. The van der Waals surface area contributed by atoms with Gasteiger partial charge in [-0.25, -0.2) is 16.7 Å². The van der Waals surface area contributed by atoms with Gasteiger partial charge < -0.3 is 4.74 Å². The first-order valence-electron chi connectivity index (χ1n) is 9.96. The van der Waals surface area contributed by atoms with Gasteiger partial charge in [0.2, 0.25) is 0 Å². The number of nitrogens with one attached hydrogen (secondary N) is 1. The summed E-state index contributed by atoms with van der Waals surface area (Å²) in [5, 5.41) is 3.75. The van der Waals surface area contributed by atoms with Crippen LogP contribution in [-0.4, -0.2) is 24.8 Å². The molecule has 3 nitrogen and oxygen atoms in total. The Morgan fingerprint density at radius 2 is 1.69 bits per heavy atom. The van der Waals surface area contributed by atoms with Crippen molar-refractivity contribution in [3.05, 3.63) is 35.9 Å². The molecule has 1 aliphatic heterocycles. The van der Waals surface area contributed by atoms with Gasteiger partial charge in [-0.05, 0) is 38.8 Å². The number of aryl methyl sites for hydroxylation is 2. The standard InChI is InChI=1S/C17H29N2P.C4H7O.3ClH.Cr/c1-8-20(9-2)19-16(17(5,6)7)18-15-13(3)11-10-12-14(15)4;1-2-4-5-3-1;;;;/h10-12H,8-9H2,1-7H3,(H,18,19);3H,1-2,4H2;3*1H;/q;-1;;;;+4/p-2. The quantitative estimate of drug-likeness (QED) is 0.187. The third-order valence-corrected chi connectivity index (χ3v) is 6.52. The van der Waals surface area contributed by atoms with Crippen molar-refractivity contribution in [1.82, 2.24) is 5.09 Å². The van der Waals surface area contributed by atoms with Crippen LogP contribution in [-0.2, 0) is 16.1 Å². The second-order valence-corrected chi connectivity index (χ2v) is 16.9. The summed E-state index contributed by atoms with van der Waals surface area (Å²) in [7, 11) is 14.3. The van der Waals surface area contributed by atoms with Crippen molar-refractivity contribution in [3.8, 4) is 0 Å². The first-order chi connectivity index (χ1) is 13.5. The van der Waals surface area contributed by atoms with Gasteiger partial charge in [0, 0.05) is 12.0 Å². The van der Waals surface area contributed by atoms with Gasteiger partial charge in [0.15, 0.2) is 0 Å². The van der Waals surface area contributed by atoms with Crippen LogP contribution in [0.2, 0.25) is 0 Å². The van der Waals surface area contributed by atoms with Crippen molar-refractivity contribution in [2.75, 3.05) is 18.9 Å². The van der Waals surface area contributed by atoms with Gasteiger partial charge in [0.05, 0.1) is 26.1 Å². The average Bonchev–Trinajstić information content (AvgIpc) is 3.19. The molecule has 1 fully saturated rings. The molecule has 1 N–H and O–H groups in total. The summed E-state index contributed by atoms with van der Waals surface area (Å²) in [5.74, 6) is 1.13. The van der Waals surface area contributed by atoms with Crippen LogP contribution in [0.25, 0.3) is 0 Å². The minimum absolute atomic E-state index is 0.0506. The number of hydrogen-bond donors (Lipinski definition) is 1. The molecule has 0 aliphatic carbocycles. The summed E-state index contributed by atoms with van der Waals surface area (Å²) in [6.07, 6.45) is 4.83. The molecule has 0 amide bonds. The van der Waals surface area contributed by atoms with Crippen LogP contribution in [0, 0.1) is 25.9 Å². The van der Waals surface area contributed by atoms with E-state index in [0.29, 0.717) is 0 Å². The van der Waals surface area contributed by atoms with E-state index in [4.69, 9.17) is 39.9 Å². The molecular weight excluding hydrogens is 486 g/mol. The van der Waals surface area contributed by atoms with Crippen LogP contribution in [0.15, 0.2) is 23.2 Å². The van der Waals surface area contributed by atoms with E-state index in [1.807, 2.05) is 6.61 Å². The SMILES string of the molecule is CC[PH+](CC)NC(=Nc1c(C)cccc1C)C(C)(C)C.[CH-]1CCCO1.[Cl][Cr+]([Cl])[Cl]. The Hall–Kier alpha value is 0.482. The number of para-hydroxylation sites is 1. The molecule has 2 rings (SSSR count). The minimum atomic E-state index is -1.62. The molecule has 0 bridgehead atoms. The topological polar surface area (TPSA) is 33.6 Å². The van der Waals surface area contributed by atoms with Gasteiger partial charge in [-0.1, -0.05) is 45.4 Å². The first kappa shape index (κ1) is 29.5. The molecule has 0 unspecified atom stereocenters.